The van der Waals surface area contributed by atoms with E-state index in [2.05, 4.69) is 17.1 Å². The van der Waals surface area contributed by atoms with E-state index in [1.165, 1.54) is 19.3 Å². The lowest BCUT2D eigenvalue weighted by Crippen LogP contribution is -2.34. The molecular weight excluding hydrogens is 254 g/mol. The van der Waals surface area contributed by atoms with Gasteiger partial charge in [0.2, 0.25) is 0 Å². The molecule has 5 heteroatoms. The lowest BCUT2D eigenvalue weighted by Gasteiger charge is -2.31. The van der Waals surface area contributed by atoms with E-state index in [4.69, 9.17) is 0 Å². The fraction of sp³-hybridized carbons (Fsp3) is 0.600. The van der Waals surface area contributed by atoms with Gasteiger partial charge < -0.3 is 10.2 Å². The van der Waals surface area contributed by atoms with Crippen LogP contribution in [0.4, 0.5) is 17.1 Å². The topological polar surface area (TPSA) is 58.4 Å². The van der Waals surface area contributed by atoms with Crippen LogP contribution in [-0.4, -0.2) is 24.6 Å². The number of benzene rings is 1. The SMILES string of the molecule is CCC1CCCCCN1c1cc(NC)cc([N+](=O)[O-])c1. The summed E-state index contributed by atoms with van der Waals surface area (Å²) < 4.78 is 0. The van der Waals surface area contributed by atoms with Crippen LogP contribution in [0.1, 0.15) is 39.0 Å². The molecular formula is C15H23N3O2. The second-order valence-electron chi connectivity index (χ2n) is 5.35. The standard InChI is InChI=1S/C15H23N3O2/c1-3-13-7-5-4-6-8-17(13)14-9-12(16-2)10-15(11-14)18(19)20/h9-11,13,16H,3-8H2,1-2H3. The van der Waals surface area contributed by atoms with Crippen molar-refractivity contribution in [2.45, 2.75) is 45.1 Å². The van der Waals surface area contributed by atoms with E-state index in [-0.39, 0.29) is 10.6 Å². The van der Waals surface area contributed by atoms with E-state index in [1.54, 1.807) is 19.2 Å². The zero-order valence-electron chi connectivity index (χ0n) is 12.3. The van der Waals surface area contributed by atoms with Crippen molar-refractivity contribution >= 4 is 17.1 Å². The molecule has 1 heterocycles. The van der Waals surface area contributed by atoms with Gasteiger partial charge in [0.15, 0.2) is 0 Å². The summed E-state index contributed by atoms with van der Waals surface area (Å²) in [5, 5.41) is 14.1. The van der Waals surface area contributed by atoms with Crippen LogP contribution in [0.3, 0.4) is 0 Å². The number of nitro benzene ring substituents is 1. The monoisotopic (exact) mass is 277 g/mol. The minimum absolute atomic E-state index is 0.158. The second kappa shape index (κ2) is 6.59. The van der Waals surface area contributed by atoms with Gasteiger partial charge in [0.1, 0.15) is 0 Å². The number of rotatable bonds is 4. The van der Waals surface area contributed by atoms with Crippen LogP contribution in [0, 0.1) is 10.1 Å². The van der Waals surface area contributed by atoms with Crippen LogP contribution in [0.5, 0.6) is 0 Å². The second-order valence-corrected chi connectivity index (χ2v) is 5.35. The number of nitrogens with zero attached hydrogens (tertiary/aromatic N) is 2. The van der Waals surface area contributed by atoms with E-state index < -0.39 is 0 Å². The van der Waals surface area contributed by atoms with Gasteiger partial charge >= 0.3 is 0 Å². The van der Waals surface area contributed by atoms with Crippen LogP contribution in [-0.2, 0) is 0 Å². The van der Waals surface area contributed by atoms with Crippen molar-refractivity contribution in [1.82, 2.24) is 0 Å². The first-order valence-electron chi connectivity index (χ1n) is 7.39. The Morgan fingerprint density at radius 1 is 1.35 bits per heavy atom. The molecule has 1 unspecified atom stereocenters. The molecule has 0 bridgehead atoms. The third kappa shape index (κ3) is 3.21. The highest BCUT2D eigenvalue weighted by Gasteiger charge is 2.22. The Morgan fingerprint density at radius 3 is 2.80 bits per heavy atom. The summed E-state index contributed by atoms with van der Waals surface area (Å²) in [6.07, 6.45) is 5.92. The Labute approximate surface area is 120 Å². The van der Waals surface area contributed by atoms with E-state index in [9.17, 15) is 10.1 Å². The lowest BCUT2D eigenvalue weighted by atomic mass is 10.1. The van der Waals surface area contributed by atoms with Gasteiger partial charge in [0.05, 0.1) is 4.92 Å². The van der Waals surface area contributed by atoms with Crippen LogP contribution in [0.2, 0.25) is 0 Å². The molecule has 5 nitrogen and oxygen atoms in total. The predicted molar refractivity (Wildman–Crippen MR) is 82.5 cm³/mol. The average molecular weight is 277 g/mol. The Hall–Kier alpha value is -1.78. The maximum atomic E-state index is 11.1. The fourth-order valence-electron chi connectivity index (χ4n) is 2.95. The summed E-state index contributed by atoms with van der Waals surface area (Å²) in [7, 11) is 1.79. The smallest absolute Gasteiger partial charge is 0.273 e. The molecule has 0 aromatic heterocycles. The van der Waals surface area contributed by atoms with Gasteiger partial charge in [-0.2, -0.15) is 0 Å². The largest absolute Gasteiger partial charge is 0.388 e. The first-order chi connectivity index (χ1) is 9.65. The summed E-state index contributed by atoms with van der Waals surface area (Å²) in [6.45, 7) is 3.18. The van der Waals surface area contributed by atoms with E-state index in [0.29, 0.717) is 6.04 Å². The first kappa shape index (κ1) is 14.6. The molecule has 1 N–H and O–H groups in total. The number of non-ortho nitro benzene ring substituents is 1. The summed E-state index contributed by atoms with van der Waals surface area (Å²) in [5.74, 6) is 0. The van der Waals surface area contributed by atoms with Crippen LogP contribution in [0.15, 0.2) is 18.2 Å². The maximum absolute atomic E-state index is 11.1. The van der Waals surface area contributed by atoms with Crippen molar-refractivity contribution < 1.29 is 4.92 Å². The van der Waals surface area contributed by atoms with Gasteiger partial charge in [-0.15, -0.1) is 0 Å². The molecule has 20 heavy (non-hydrogen) atoms. The molecule has 1 aromatic carbocycles. The number of hydrogen-bond donors (Lipinski definition) is 1. The lowest BCUT2D eigenvalue weighted by molar-refractivity contribution is -0.384. The van der Waals surface area contributed by atoms with E-state index in [0.717, 1.165) is 30.8 Å². The molecule has 0 radical (unpaired) electrons. The summed E-state index contributed by atoms with van der Waals surface area (Å²) in [4.78, 5) is 13.1. The van der Waals surface area contributed by atoms with Crippen LogP contribution >= 0.6 is 0 Å². The molecule has 1 fully saturated rings. The van der Waals surface area contributed by atoms with Crippen molar-refractivity contribution in [1.29, 1.82) is 0 Å². The Morgan fingerprint density at radius 2 is 2.15 bits per heavy atom. The number of anilines is 2. The van der Waals surface area contributed by atoms with Gasteiger partial charge in [0.25, 0.3) is 5.69 Å². The van der Waals surface area contributed by atoms with Crippen molar-refractivity contribution in [3.8, 4) is 0 Å². The minimum atomic E-state index is -0.316. The van der Waals surface area contributed by atoms with E-state index >= 15 is 0 Å². The van der Waals surface area contributed by atoms with Gasteiger partial charge in [-0.25, -0.2) is 0 Å². The third-order valence-electron chi connectivity index (χ3n) is 4.08. The molecule has 0 saturated carbocycles. The normalized spacial score (nSPS) is 19.5. The first-order valence-corrected chi connectivity index (χ1v) is 7.39. The number of hydrogen-bond acceptors (Lipinski definition) is 4. The molecule has 1 saturated heterocycles. The molecule has 0 spiro atoms. The molecule has 1 aliphatic rings. The van der Waals surface area contributed by atoms with Gasteiger partial charge in [-0.1, -0.05) is 19.8 Å². The molecule has 0 aliphatic carbocycles. The zero-order chi connectivity index (χ0) is 14.5. The highest BCUT2D eigenvalue weighted by atomic mass is 16.6. The molecule has 110 valence electrons. The number of nitro groups is 1. The summed E-state index contributed by atoms with van der Waals surface area (Å²) in [5.41, 5.74) is 1.93. The maximum Gasteiger partial charge on any atom is 0.273 e. The fourth-order valence-corrected chi connectivity index (χ4v) is 2.95. The van der Waals surface area contributed by atoms with Crippen molar-refractivity contribution in [2.24, 2.45) is 0 Å². The predicted octanol–water partition coefficient (Wildman–Crippen LogP) is 3.80. The highest BCUT2D eigenvalue weighted by Crippen LogP contribution is 2.31. The Kier molecular flexibility index (Phi) is 4.82. The van der Waals surface area contributed by atoms with E-state index in [1.807, 2.05) is 6.07 Å². The Balaban J connectivity index is 2.37. The molecule has 1 atom stereocenters. The van der Waals surface area contributed by atoms with Gasteiger partial charge in [0, 0.05) is 43.1 Å². The minimum Gasteiger partial charge on any atom is -0.388 e. The number of nitrogens with one attached hydrogen (secondary N) is 1. The van der Waals surface area contributed by atoms with Crippen LogP contribution in [0.25, 0.3) is 0 Å². The molecule has 1 aromatic rings. The quantitative estimate of drug-likeness (QED) is 0.672. The highest BCUT2D eigenvalue weighted by molar-refractivity contribution is 5.64. The summed E-state index contributed by atoms with van der Waals surface area (Å²) in [6, 6.07) is 5.79. The van der Waals surface area contributed by atoms with Crippen molar-refractivity contribution in [3.63, 3.8) is 0 Å². The van der Waals surface area contributed by atoms with Crippen LogP contribution < -0.4 is 10.2 Å². The average Bonchev–Trinajstić information content (AvgIpc) is 2.71. The van der Waals surface area contributed by atoms with Gasteiger partial charge in [-0.05, 0) is 25.3 Å². The molecule has 1 aliphatic heterocycles. The van der Waals surface area contributed by atoms with Crippen molar-refractivity contribution in [2.75, 3.05) is 23.8 Å². The zero-order valence-corrected chi connectivity index (χ0v) is 12.3. The summed E-state index contributed by atoms with van der Waals surface area (Å²) >= 11 is 0. The van der Waals surface area contributed by atoms with Gasteiger partial charge in [-0.3, -0.25) is 10.1 Å². The molecule has 2 rings (SSSR count). The van der Waals surface area contributed by atoms with Crippen molar-refractivity contribution in [3.05, 3.63) is 28.3 Å². The molecule has 0 amide bonds. The Bertz CT molecular complexity index is 476. The third-order valence-corrected chi connectivity index (χ3v) is 4.08.